The number of nitrogens with one attached hydrogen (secondary N) is 2. The van der Waals surface area contributed by atoms with Gasteiger partial charge in [0, 0.05) is 17.7 Å². The maximum atomic E-state index is 11.9. The molecule has 2 N–H and O–H groups in total. The van der Waals surface area contributed by atoms with E-state index in [4.69, 9.17) is 0 Å². The maximum Gasteiger partial charge on any atom is 0.271 e. The fourth-order valence-corrected chi connectivity index (χ4v) is 1.72. The van der Waals surface area contributed by atoms with Crippen molar-refractivity contribution in [2.75, 3.05) is 5.32 Å². The fraction of sp³-hybridized carbons (Fsp3) is 0.118. The summed E-state index contributed by atoms with van der Waals surface area (Å²) in [5.41, 5.74) is 4.50. The van der Waals surface area contributed by atoms with Crippen molar-refractivity contribution in [3.63, 3.8) is 0 Å². The third-order valence-electron chi connectivity index (χ3n) is 2.93. The minimum Gasteiger partial charge on any atom is -0.326 e. The number of carbonyl (C=O) groups excluding carboxylic acids is 2. The highest BCUT2D eigenvalue weighted by Crippen LogP contribution is 2.09. The van der Waals surface area contributed by atoms with Gasteiger partial charge in [-0.2, -0.15) is 5.10 Å². The molecule has 0 aliphatic carbocycles. The van der Waals surface area contributed by atoms with Crippen molar-refractivity contribution in [1.29, 1.82) is 0 Å². The van der Waals surface area contributed by atoms with Crippen LogP contribution < -0.4 is 10.7 Å². The lowest BCUT2D eigenvalue weighted by Crippen LogP contribution is -2.17. The van der Waals surface area contributed by atoms with Crippen LogP contribution in [0.2, 0.25) is 0 Å². The zero-order valence-corrected chi connectivity index (χ0v) is 12.2. The van der Waals surface area contributed by atoms with Crippen LogP contribution in [-0.4, -0.2) is 18.0 Å². The van der Waals surface area contributed by atoms with Gasteiger partial charge >= 0.3 is 0 Å². The lowest BCUT2D eigenvalue weighted by Gasteiger charge is -2.04. The molecule has 0 saturated carbocycles. The van der Waals surface area contributed by atoms with Crippen LogP contribution in [0.25, 0.3) is 0 Å². The van der Waals surface area contributed by atoms with Crippen molar-refractivity contribution in [2.45, 2.75) is 13.3 Å². The largest absolute Gasteiger partial charge is 0.326 e. The molecule has 0 unspecified atom stereocenters. The smallest absolute Gasteiger partial charge is 0.271 e. The van der Waals surface area contributed by atoms with Crippen molar-refractivity contribution in [2.24, 2.45) is 5.10 Å². The van der Waals surface area contributed by atoms with Gasteiger partial charge in [0.05, 0.1) is 6.21 Å². The molecule has 0 spiro atoms. The Hall–Kier alpha value is -2.95. The molecule has 0 heterocycles. The summed E-state index contributed by atoms with van der Waals surface area (Å²) >= 11 is 0. The molecule has 2 aromatic rings. The molecule has 0 aliphatic heterocycles. The summed E-state index contributed by atoms with van der Waals surface area (Å²) < 4.78 is 0. The van der Waals surface area contributed by atoms with Gasteiger partial charge in [-0.25, -0.2) is 5.43 Å². The summed E-state index contributed by atoms with van der Waals surface area (Å²) in [6, 6.07) is 16.1. The van der Waals surface area contributed by atoms with E-state index < -0.39 is 0 Å². The molecule has 2 aromatic carbocycles. The van der Waals surface area contributed by atoms with E-state index in [2.05, 4.69) is 15.8 Å². The fourth-order valence-electron chi connectivity index (χ4n) is 1.72. The number of rotatable bonds is 5. The average Bonchev–Trinajstić information content (AvgIpc) is 2.56. The first-order valence-corrected chi connectivity index (χ1v) is 6.97. The Bertz CT molecular complexity index is 664. The third-order valence-corrected chi connectivity index (χ3v) is 2.93. The second kappa shape index (κ2) is 7.73. The highest BCUT2D eigenvalue weighted by Gasteiger charge is 2.04. The summed E-state index contributed by atoms with van der Waals surface area (Å²) in [7, 11) is 0. The molecule has 2 amide bonds. The van der Waals surface area contributed by atoms with Gasteiger partial charge in [0.25, 0.3) is 5.91 Å². The Morgan fingerprint density at radius 2 is 1.73 bits per heavy atom. The van der Waals surface area contributed by atoms with Gasteiger partial charge in [-0.3, -0.25) is 9.59 Å². The molecule has 0 aromatic heterocycles. The van der Waals surface area contributed by atoms with Gasteiger partial charge in [0.15, 0.2) is 0 Å². The predicted octanol–water partition coefficient (Wildman–Crippen LogP) is 2.80. The number of carbonyl (C=O) groups is 2. The first-order chi connectivity index (χ1) is 10.7. The maximum absolute atomic E-state index is 11.9. The van der Waals surface area contributed by atoms with E-state index in [1.165, 1.54) is 0 Å². The molecule has 0 atom stereocenters. The molecule has 0 radical (unpaired) electrons. The normalized spacial score (nSPS) is 10.4. The van der Waals surface area contributed by atoms with E-state index in [0.29, 0.717) is 17.7 Å². The number of amides is 2. The number of hydrogen-bond donors (Lipinski definition) is 2. The lowest BCUT2D eigenvalue weighted by molar-refractivity contribution is -0.115. The molecule has 5 heteroatoms. The number of nitrogens with zero attached hydrogens (tertiary/aromatic N) is 1. The van der Waals surface area contributed by atoms with E-state index in [0.717, 1.165) is 5.56 Å². The highest BCUT2D eigenvalue weighted by molar-refractivity contribution is 5.96. The number of benzene rings is 2. The van der Waals surface area contributed by atoms with E-state index >= 15 is 0 Å². The van der Waals surface area contributed by atoms with Crippen molar-refractivity contribution in [3.8, 4) is 0 Å². The van der Waals surface area contributed by atoms with Crippen LogP contribution in [0, 0.1) is 0 Å². The van der Waals surface area contributed by atoms with Crippen molar-refractivity contribution in [3.05, 3.63) is 65.7 Å². The number of hydrogen-bond acceptors (Lipinski definition) is 3. The number of hydrazone groups is 1. The van der Waals surface area contributed by atoms with E-state index in [-0.39, 0.29) is 11.8 Å². The monoisotopic (exact) mass is 295 g/mol. The summed E-state index contributed by atoms with van der Waals surface area (Å²) in [5.74, 6) is -0.370. The van der Waals surface area contributed by atoms with E-state index in [1.807, 2.05) is 30.3 Å². The molecular weight excluding hydrogens is 278 g/mol. The molecule has 0 saturated heterocycles. The van der Waals surface area contributed by atoms with Gasteiger partial charge in [0.1, 0.15) is 0 Å². The Morgan fingerprint density at radius 1 is 1.05 bits per heavy atom. The van der Waals surface area contributed by atoms with Gasteiger partial charge in [-0.15, -0.1) is 0 Å². The highest BCUT2D eigenvalue weighted by atomic mass is 16.2. The minimum absolute atomic E-state index is 0.0651. The number of anilines is 1. The van der Waals surface area contributed by atoms with Gasteiger partial charge in [-0.05, 0) is 29.8 Å². The topological polar surface area (TPSA) is 70.6 Å². The SMILES string of the molecule is CCC(=O)Nc1ccc(C(=O)NN=Cc2ccccc2)cc1. The second-order valence-electron chi connectivity index (χ2n) is 4.59. The second-order valence-corrected chi connectivity index (χ2v) is 4.59. The molecule has 0 bridgehead atoms. The van der Waals surface area contributed by atoms with E-state index in [9.17, 15) is 9.59 Å². The molecule has 112 valence electrons. The van der Waals surface area contributed by atoms with Gasteiger partial charge in [-0.1, -0.05) is 37.3 Å². The average molecular weight is 295 g/mol. The Morgan fingerprint density at radius 3 is 2.36 bits per heavy atom. The Labute approximate surface area is 129 Å². The van der Waals surface area contributed by atoms with E-state index in [1.54, 1.807) is 37.4 Å². The van der Waals surface area contributed by atoms with Crippen molar-refractivity contribution >= 4 is 23.7 Å². The van der Waals surface area contributed by atoms with Gasteiger partial charge in [0.2, 0.25) is 5.91 Å². The Kier molecular flexibility index (Phi) is 5.43. The van der Waals surface area contributed by atoms with Crippen molar-refractivity contribution < 1.29 is 9.59 Å². The molecule has 0 aliphatic rings. The molecular formula is C17H17N3O2. The summed E-state index contributed by atoms with van der Waals surface area (Å²) in [6.45, 7) is 1.78. The first kappa shape index (κ1) is 15.4. The van der Waals surface area contributed by atoms with Crippen molar-refractivity contribution in [1.82, 2.24) is 5.43 Å². The van der Waals surface area contributed by atoms with Crippen LogP contribution in [-0.2, 0) is 4.79 Å². The standard InChI is InChI=1S/C17H17N3O2/c1-2-16(21)19-15-10-8-14(9-11-15)17(22)20-18-12-13-6-4-3-5-7-13/h3-12H,2H2,1H3,(H,19,21)(H,20,22). The lowest BCUT2D eigenvalue weighted by atomic mass is 10.2. The quantitative estimate of drug-likeness (QED) is 0.657. The van der Waals surface area contributed by atoms with Crippen LogP contribution in [0.1, 0.15) is 29.3 Å². The summed E-state index contributed by atoms with van der Waals surface area (Å²) in [5, 5.41) is 6.63. The molecule has 0 fully saturated rings. The zero-order chi connectivity index (χ0) is 15.8. The predicted molar refractivity (Wildman–Crippen MR) is 86.9 cm³/mol. The van der Waals surface area contributed by atoms with Crippen LogP contribution >= 0.6 is 0 Å². The van der Waals surface area contributed by atoms with Crippen LogP contribution in [0.4, 0.5) is 5.69 Å². The first-order valence-electron chi connectivity index (χ1n) is 6.97. The van der Waals surface area contributed by atoms with Gasteiger partial charge < -0.3 is 5.32 Å². The summed E-state index contributed by atoms with van der Waals surface area (Å²) in [6.07, 6.45) is 1.99. The molecule has 2 rings (SSSR count). The molecule has 22 heavy (non-hydrogen) atoms. The summed E-state index contributed by atoms with van der Waals surface area (Å²) in [4.78, 5) is 23.2. The zero-order valence-electron chi connectivity index (χ0n) is 12.2. The minimum atomic E-state index is -0.305. The van der Waals surface area contributed by atoms with Crippen LogP contribution in [0.5, 0.6) is 0 Å². The van der Waals surface area contributed by atoms with Crippen LogP contribution in [0.3, 0.4) is 0 Å². The molecule has 5 nitrogen and oxygen atoms in total. The Balaban J connectivity index is 1.92. The van der Waals surface area contributed by atoms with Crippen LogP contribution in [0.15, 0.2) is 59.7 Å². The third kappa shape index (κ3) is 4.56.